The molecule has 9 rings (SSSR count). The van der Waals surface area contributed by atoms with Gasteiger partial charge in [0.05, 0.1) is 40.9 Å². The zero-order valence-electron chi connectivity index (χ0n) is 23.8. The molecule has 0 aliphatic heterocycles. The Balaban J connectivity index is 1.13. The summed E-state index contributed by atoms with van der Waals surface area (Å²) in [7, 11) is 4.10. The van der Waals surface area contributed by atoms with Gasteiger partial charge in [0.1, 0.15) is 10.0 Å². The molecule has 4 aliphatic rings. The second-order valence-corrected chi connectivity index (χ2v) is 15.6. The maximum absolute atomic E-state index is 13.0. The molecular weight excluding hydrogens is 601 g/mol. The van der Waals surface area contributed by atoms with Gasteiger partial charge in [0.2, 0.25) is 0 Å². The number of rotatable bonds is 2. The molecule has 218 valence electrons. The fraction of sp³-hybridized carbons (Fsp3) is 0.438. The first-order valence-electron chi connectivity index (χ1n) is 15.1. The highest BCUT2D eigenvalue weighted by atomic mass is 32.1. The van der Waals surface area contributed by atoms with Crippen LogP contribution < -0.4 is 0 Å². The summed E-state index contributed by atoms with van der Waals surface area (Å²) in [5, 5.41) is 1.39. The number of carbonyl (C=O) groups excluding carboxylic acids is 4. The van der Waals surface area contributed by atoms with Gasteiger partial charge in [0.15, 0.2) is 34.6 Å². The number of aromatic nitrogens is 2. The van der Waals surface area contributed by atoms with Crippen molar-refractivity contribution in [2.45, 2.75) is 51.4 Å². The van der Waals surface area contributed by atoms with Crippen molar-refractivity contribution >= 4 is 119 Å². The van der Waals surface area contributed by atoms with E-state index in [1.165, 1.54) is 22.7 Å². The number of Topliss-reactive ketones (excluding diaryl/α,β-unsaturated/α-hetero) is 4. The predicted molar refractivity (Wildman–Crippen MR) is 173 cm³/mol. The lowest BCUT2D eigenvalue weighted by molar-refractivity contribution is -0.120. The molecule has 4 atom stereocenters. The number of hydrogen-bond acceptors (Lipinski definition) is 9. The molecule has 4 unspecified atom stereocenters. The largest absolute Gasteiger partial charge is 0.340 e. The highest BCUT2D eigenvalue weighted by Crippen LogP contribution is 2.51. The van der Waals surface area contributed by atoms with Crippen LogP contribution in [0, 0.1) is 23.7 Å². The lowest BCUT2D eigenvalue weighted by atomic mass is 9.81. The first-order valence-corrected chi connectivity index (χ1v) is 17.5. The zero-order valence-corrected chi connectivity index (χ0v) is 26.2. The van der Waals surface area contributed by atoms with Crippen molar-refractivity contribution in [1.29, 1.82) is 0 Å². The third kappa shape index (κ3) is 3.47. The highest BCUT2D eigenvalue weighted by molar-refractivity contribution is 7.35. The van der Waals surface area contributed by atoms with E-state index in [-0.39, 0.29) is 58.2 Å². The summed E-state index contributed by atoms with van der Waals surface area (Å²) in [5.74, 6) is -1.00. The summed E-state index contributed by atoms with van der Waals surface area (Å²) in [6.45, 7) is 0. The number of hydrogen-bond donors (Lipinski definition) is 0. The molecule has 43 heavy (non-hydrogen) atoms. The topological polar surface area (TPSA) is 103 Å². The molecule has 4 saturated carbocycles. The summed E-state index contributed by atoms with van der Waals surface area (Å²) in [4.78, 5) is 61.5. The molecule has 0 saturated heterocycles. The smallest absolute Gasteiger partial charge is 0.188 e. The van der Waals surface area contributed by atoms with Gasteiger partial charge in [0, 0.05) is 37.8 Å². The maximum Gasteiger partial charge on any atom is 0.188 e. The zero-order chi connectivity index (χ0) is 29.3. The Hall–Kier alpha value is -3.28. The first-order chi connectivity index (χ1) is 20.8. The molecule has 0 N–H and O–H groups in total. The van der Waals surface area contributed by atoms with Gasteiger partial charge in [-0.15, -0.1) is 34.0 Å². The second-order valence-electron chi connectivity index (χ2n) is 12.5. The maximum atomic E-state index is 13.0. The Morgan fingerprint density at radius 3 is 1.26 bits per heavy atom. The number of ketones is 4. The van der Waals surface area contributed by atoms with Crippen molar-refractivity contribution in [3.05, 3.63) is 12.1 Å². The van der Waals surface area contributed by atoms with Crippen LogP contribution in [0.5, 0.6) is 0 Å². The molecule has 0 spiro atoms. The summed E-state index contributed by atoms with van der Waals surface area (Å²) in [5.41, 5.74) is 4.65. The minimum atomic E-state index is -0.180. The summed E-state index contributed by atoms with van der Waals surface area (Å²) in [6, 6.07) is 4.00. The molecule has 0 radical (unpaired) electrons. The molecule has 0 bridgehead atoms. The molecule has 5 aromatic heterocycles. The lowest BCUT2D eigenvalue weighted by Gasteiger charge is -2.20. The number of nitrogens with zero attached hydrogens (tertiary/aromatic N) is 4. The van der Waals surface area contributed by atoms with Crippen molar-refractivity contribution in [2.75, 3.05) is 0 Å². The van der Waals surface area contributed by atoms with Crippen molar-refractivity contribution in [3.63, 3.8) is 0 Å². The van der Waals surface area contributed by atoms with Crippen LogP contribution in [-0.2, 0) is 33.3 Å². The van der Waals surface area contributed by atoms with E-state index in [1.54, 1.807) is 11.3 Å². The molecule has 0 aromatic carbocycles. The predicted octanol–water partition coefficient (Wildman–Crippen LogP) is 7.22. The van der Waals surface area contributed by atoms with Crippen LogP contribution in [0.1, 0.15) is 51.4 Å². The van der Waals surface area contributed by atoms with E-state index in [4.69, 9.17) is 0 Å². The third-order valence-electron chi connectivity index (χ3n) is 10.3. The van der Waals surface area contributed by atoms with Crippen LogP contribution in [-0.4, -0.2) is 43.7 Å². The molecule has 4 fully saturated rings. The van der Waals surface area contributed by atoms with Gasteiger partial charge >= 0.3 is 0 Å². The Labute approximate surface area is 258 Å². The van der Waals surface area contributed by atoms with E-state index in [0.717, 1.165) is 92.2 Å². The average molecular weight is 629 g/mol. The van der Waals surface area contributed by atoms with Gasteiger partial charge < -0.3 is 9.13 Å². The van der Waals surface area contributed by atoms with Gasteiger partial charge in [-0.25, -0.2) is 9.98 Å². The van der Waals surface area contributed by atoms with E-state index in [0.29, 0.717) is 10.0 Å². The monoisotopic (exact) mass is 628 g/mol. The highest BCUT2D eigenvalue weighted by Gasteiger charge is 2.48. The van der Waals surface area contributed by atoms with Gasteiger partial charge in [0.25, 0.3) is 0 Å². The minimum absolute atomic E-state index is 0.0709. The first kappa shape index (κ1) is 26.2. The van der Waals surface area contributed by atoms with Crippen LogP contribution in [0.4, 0.5) is 10.0 Å². The van der Waals surface area contributed by atoms with Crippen LogP contribution in [0.15, 0.2) is 22.1 Å². The Morgan fingerprint density at radius 2 is 0.907 bits per heavy atom. The van der Waals surface area contributed by atoms with E-state index in [1.807, 2.05) is 12.1 Å². The van der Waals surface area contributed by atoms with Gasteiger partial charge in [-0.1, -0.05) is 25.7 Å². The Bertz CT molecular complexity index is 1980. The van der Waals surface area contributed by atoms with Gasteiger partial charge in [-0.05, 0) is 37.8 Å². The quantitative estimate of drug-likeness (QED) is 0.206. The fourth-order valence-corrected chi connectivity index (χ4v) is 11.9. The second kappa shape index (κ2) is 9.12. The van der Waals surface area contributed by atoms with Crippen LogP contribution in [0.25, 0.3) is 40.9 Å². The molecule has 4 aliphatic carbocycles. The van der Waals surface area contributed by atoms with E-state index >= 15 is 0 Å². The summed E-state index contributed by atoms with van der Waals surface area (Å²) >= 11 is 4.79. The van der Waals surface area contributed by atoms with Crippen molar-refractivity contribution in [1.82, 2.24) is 9.13 Å². The van der Waals surface area contributed by atoms with E-state index in [9.17, 15) is 19.2 Å². The molecule has 11 heteroatoms. The molecule has 8 nitrogen and oxygen atoms in total. The summed E-state index contributed by atoms with van der Waals surface area (Å²) < 4.78 is 8.88. The normalized spacial score (nSPS) is 26.2. The number of aliphatic imine (C=N–C) groups is 2. The number of aryl methyl sites for hydroxylation is 2. The van der Waals surface area contributed by atoms with E-state index < -0.39 is 0 Å². The van der Waals surface area contributed by atoms with Crippen molar-refractivity contribution in [2.24, 2.45) is 47.8 Å². The molecular formula is C32H28N4O4S3. The van der Waals surface area contributed by atoms with Crippen LogP contribution in [0.2, 0.25) is 0 Å². The molecule has 5 heterocycles. The minimum Gasteiger partial charge on any atom is -0.340 e. The lowest BCUT2D eigenvalue weighted by Crippen LogP contribution is -2.21. The standard InChI is InChI=1S/C32H28N4O4S3/c1-35-17-11-19(33-21-25(37)13-7-3-4-8-14(13)26(21)38)41-29(17)31-23(35)24-32(43-31)30-18(36(24)2)12-20(42-30)34-22-27(39)15-9-5-6-10-16(15)28(22)40/h11-16H,3-10H2,1-2H3. The van der Waals surface area contributed by atoms with Crippen molar-refractivity contribution in [3.8, 4) is 0 Å². The van der Waals surface area contributed by atoms with Gasteiger partial charge in [-0.3, -0.25) is 19.2 Å². The fourth-order valence-electron chi connectivity index (χ4n) is 8.16. The number of thiophene rings is 3. The van der Waals surface area contributed by atoms with Crippen molar-refractivity contribution < 1.29 is 19.2 Å². The molecule has 5 aromatic rings. The molecule has 0 amide bonds. The van der Waals surface area contributed by atoms with Crippen LogP contribution in [0.3, 0.4) is 0 Å². The van der Waals surface area contributed by atoms with Gasteiger partial charge in [-0.2, -0.15) is 0 Å². The number of fused-ring (bicyclic) bond motifs is 9. The Morgan fingerprint density at radius 1 is 0.558 bits per heavy atom. The SMILES string of the molecule is Cn1c2cc(N=C3C(=O)C4CCCCC4C3=O)sc2c2sc3c4sc(N=C5C(=O)C6CCCCC6C5=O)cc4n(C)c3c21. The Kier molecular flexibility index (Phi) is 5.55. The van der Waals surface area contributed by atoms with E-state index in [2.05, 4.69) is 33.2 Å². The third-order valence-corrected chi connectivity index (χ3v) is 13.9. The van der Waals surface area contributed by atoms with Crippen LogP contribution >= 0.6 is 34.0 Å². The average Bonchev–Trinajstić information content (AvgIpc) is 3.85. The number of carbonyl (C=O) groups is 4. The summed E-state index contributed by atoms with van der Waals surface area (Å²) in [6.07, 6.45) is 7.19.